The molecule has 1 unspecified atom stereocenters. The van der Waals surface area contributed by atoms with Gasteiger partial charge in [-0.2, -0.15) is 13.2 Å². The lowest BCUT2D eigenvalue weighted by Gasteiger charge is -2.60. The molecule has 2 saturated carbocycles. The van der Waals surface area contributed by atoms with E-state index < -0.39 is 83.7 Å². The zero-order valence-corrected chi connectivity index (χ0v) is 34.3. The minimum absolute atomic E-state index is 0.0483. The molecule has 1 atom stereocenters. The maximum absolute atomic E-state index is 13.4. The first-order valence-electron chi connectivity index (χ1n) is 23.8. The number of alkyl halides is 3. The third kappa shape index (κ3) is 8.10. The van der Waals surface area contributed by atoms with Crippen molar-refractivity contribution in [1.82, 2.24) is 25.1 Å². The summed E-state index contributed by atoms with van der Waals surface area (Å²) in [6, 6.07) is 9.11. The molecule has 62 heavy (non-hydrogen) atoms. The molecule has 0 radical (unpaired) electrons. The van der Waals surface area contributed by atoms with Crippen LogP contribution in [0.1, 0.15) is 133 Å². The van der Waals surface area contributed by atoms with E-state index in [0.29, 0.717) is 40.2 Å². The SMILES string of the molecule is [2H]C([2H])([2H])C(O)(c1cc2nc(C3CCC(CN4CC5(CC(CCNc6cccc7c6C(=O)N(C6CCC(=O)NC6=O)C7=O)C5)C4)CC3)sc2cc1NC(=O)c1cccc(C(F)(F)F)n1)C([2H])([2H])[2H]. The number of nitrogens with one attached hydrogen (secondary N) is 3. The number of amides is 5. The second-order valence-corrected chi connectivity index (χ2v) is 18.6. The van der Waals surface area contributed by atoms with Gasteiger partial charge in [-0.1, -0.05) is 12.1 Å². The largest absolute Gasteiger partial charge is 0.433 e. The van der Waals surface area contributed by atoms with E-state index in [9.17, 15) is 42.3 Å². The molecule has 5 amide bonds. The Hall–Kier alpha value is -5.26. The van der Waals surface area contributed by atoms with Crippen LogP contribution in [0, 0.1) is 17.3 Å². The number of piperidine rings is 1. The van der Waals surface area contributed by atoms with Crippen molar-refractivity contribution in [2.24, 2.45) is 17.3 Å². The van der Waals surface area contributed by atoms with Gasteiger partial charge in [0.25, 0.3) is 17.7 Å². The standard InChI is InChI=1S/C45H48F3N7O6S/c1-43(2,61)28-17-32-34(18-31(28)51-38(57)30-7-4-8-35(50-30)45(46,47)48)62-40(52-32)26-11-9-24(10-12-26)21-54-22-44(23-54)19-25(20-44)15-16-49-29-6-3-5-27-37(29)42(60)55(41(27)59)33-13-14-36(56)53-39(33)58/h3-8,17-18,24-26,33,49,61H,9-16,19-23H2,1-2H3,(H,51,57)(H,53,56,58)/i1D3,2D3. The van der Waals surface area contributed by atoms with E-state index in [1.54, 1.807) is 18.2 Å². The van der Waals surface area contributed by atoms with Crippen molar-refractivity contribution in [3.05, 3.63) is 81.6 Å². The number of carbonyl (C=O) groups excluding carboxylic acids is 5. The lowest BCUT2D eigenvalue weighted by Crippen LogP contribution is -2.63. The number of carbonyl (C=O) groups is 5. The average molecular weight is 878 g/mol. The van der Waals surface area contributed by atoms with Gasteiger partial charge in [0.1, 0.15) is 17.4 Å². The van der Waals surface area contributed by atoms with Crippen LogP contribution in [0.3, 0.4) is 0 Å². The Morgan fingerprint density at radius 2 is 1.73 bits per heavy atom. The molecule has 17 heteroatoms. The molecule has 2 aromatic heterocycles. The van der Waals surface area contributed by atoms with E-state index >= 15 is 0 Å². The van der Waals surface area contributed by atoms with E-state index in [-0.39, 0.29) is 35.4 Å². The Morgan fingerprint density at radius 1 is 0.968 bits per heavy atom. The van der Waals surface area contributed by atoms with Gasteiger partial charge >= 0.3 is 6.18 Å². The Kier molecular flexibility index (Phi) is 8.99. The second kappa shape index (κ2) is 15.8. The van der Waals surface area contributed by atoms with E-state index in [0.717, 1.165) is 92.7 Å². The number of aliphatic hydroxyl groups is 1. The minimum Gasteiger partial charge on any atom is -0.386 e. The molecular formula is C45H48F3N7O6S. The Labute approximate surface area is 368 Å². The Morgan fingerprint density at radius 3 is 2.45 bits per heavy atom. The van der Waals surface area contributed by atoms with Gasteiger partial charge in [0.15, 0.2) is 0 Å². The molecule has 5 heterocycles. The topological polar surface area (TPSA) is 174 Å². The van der Waals surface area contributed by atoms with Crippen LogP contribution in [0.5, 0.6) is 0 Å². The van der Waals surface area contributed by atoms with Crippen LogP contribution in [-0.2, 0) is 21.4 Å². The first kappa shape index (κ1) is 35.2. The third-order valence-corrected chi connectivity index (χ3v) is 14.2. The molecule has 2 aliphatic carbocycles. The summed E-state index contributed by atoms with van der Waals surface area (Å²) in [5, 5.41) is 20.2. The molecule has 2 saturated heterocycles. The van der Waals surface area contributed by atoms with Gasteiger partial charge in [0.05, 0.1) is 32.0 Å². The van der Waals surface area contributed by atoms with Gasteiger partial charge in [-0.05, 0) is 119 Å². The smallest absolute Gasteiger partial charge is 0.386 e. The van der Waals surface area contributed by atoms with Gasteiger partial charge in [-0.15, -0.1) is 11.3 Å². The fourth-order valence-corrected chi connectivity index (χ4v) is 11.3. The molecule has 5 aliphatic rings. The van der Waals surface area contributed by atoms with Crippen LogP contribution in [-0.4, -0.2) is 86.6 Å². The van der Waals surface area contributed by atoms with E-state index in [4.69, 9.17) is 13.2 Å². The third-order valence-electron chi connectivity index (χ3n) is 13.1. The number of halogens is 3. The number of hydrogen-bond donors (Lipinski definition) is 4. The van der Waals surface area contributed by atoms with Crippen LogP contribution in [0.4, 0.5) is 24.5 Å². The van der Waals surface area contributed by atoms with Crippen LogP contribution in [0.2, 0.25) is 0 Å². The molecular weight excluding hydrogens is 824 g/mol. The molecule has 4 fully saturated rings. The van der Waals surface area contributed by atoms with Gasteiger partial charge < -0.3 is 20.6 Å². The summed E-state index contributed by atoms with van der Waals surface area (Å²) < 4.78 is 89.0. The second-order valence-electron chi connectivity index (χ2n) is 17.5. The molecule has 326 valence electrons. The zero-order valence-electron chi connectivity index (χ0n) is 39.4. The van der Waals surface area contributed by atoms with E-state index in [1.807, 2.05) is 0 Å². The number of hydrogen-bond acceptors (Lipinski definition) is 11. The number of likely N-dealkylation sites (tertiary alicyclic amines) is 1. The first-order chi connectivity index (χ1) is 31.9. The highest BCUT2D eigenvalue weighted by Gasteiger charge is 2.52. The number of fused-ring (bicyclic) bond motifs is 2. The zero-order chi connectivity index (χ0) is 48.7. The highest BCUT2D eigenvalue weighted by molar-refractivity contribution is 7.18. The number of thiazole rings is 1. The van der Waals surface area contributed by atoms with Crippen molar-refractivity contribution in [3.63, 3.8) is 0 Å². The fraction of sp³-hybridized carbons (Fsp3) is 0.489. The monoisotopic (exact) mass is 877 g/mol. The van der Waals surface area contributed by atoms with Crippen LogP contribution in [0.15, 0.2) is 48.5 Å². The molecule has 4 aromatic rings. The average Bonchev–Trinajstić information content (AvgIpc) is 3.77. The van der Waals surface area contributed by atoms with Crippen molar-refractivity contribution in [3.8, 4) is 0 Å². The number of pyridine rings is 1. The van der Waals surface area contributed by atoms with Crippen LogP contribution in [0.25, 0.3) is 10.2 Å². The van der Waals surface area contributed by atoms with Gasteiger partial charge in [-0.3, -0.25) is 34.2 Å². The summed E-state index contributed by atoms with van der Waals surface area (Å²) in [6.45, 7) is -3.43. The predicted octanol–water partition coefficient (Wildman–Crippen LogP) is 7.08. The van der Waals surface area contributed by atoms with Crippen LogP contribution < -0.4 is 16.0 Å². The first-order valence-corrected chi connectivity index (χ1v) is 21.6. The van der Waals surface area contributed by atoms with Crippen molar-refractivity contribution in [1.29, 1.82) is 0 Å². The van der Waals surface area contributed by atoms with E-state index in [1.165, 1.54) is 17.4 Å². The number of imide groups is 2. The van der Waals surface area contributed by atoms with Gasteiger partial charge in [0.2, 0.25) is 11.8 Å². The number of anilines is 2. The number of benzene rings is 2. The summed E-state index contributed by atoms with van der Waals surface area (Å²) >= 11 is 1.28. The lowest BCUT2D eigenvalue weighted by molar-refractivity contribution is -0.141. The number of rotatable bonds is 11. The van der Waals surface area contributed by atoms with Crippen LogP contribution >= 0.6 is 11.3 Å². The minimum atomic E-state index is -4.86. The number of aromatic nitrogens is 2. The fourth-order valence-electron chi connectivity index (χ4n) is 10.2. The normalized spacial score (nSPS) is 24.8. The Bertz CT molecular complexity index is 2700. The Balaban J connectivity index is 0.781. The molecule has 13 nitrogen and oxygen atoms in total. The summed E-state index contributed by atoms with van der Waals surface area (Å²) in [5.74, 6) is -2.29. The molecule has 4 N–H and O–H groups in total. The summed E-state index contributed by atoms with van der Waals surface area (Å²) in [5.41, 5.74) is -5.04. The van der Waals surface area contributed by atoms with Crippen molar-refractivity contribution < 1.29 is 50.5 Å². The van der Waals surface area contributed by atoms with Gasteiger partial charge in [-0.25, -0.2) is 9.97 Å². The molecule has 2 aromatic carbocycles. The number of nitrogens with zero attached hydrogens (tertiary/aromatic N) is 4. The molecule has 3 aliphatic heterocycles. The maximum atomic E-state index is 13.4. The van der Waals surface area contributed by atoms with E-state index in [2.05, 4.69) is 25.8 Å². The van der Waals surface area contributed by atoms with Crippen molar-refractivity contribution in [2.75, 3.05) is 36.8 Å². The van der Waals surface area contributed by atoms with Crippen molar-refractivity contribution >= 4 is 62.5 Å². The maximum Gasteiger partial charge on any atom is 0.433 e. The van der Waals surface area contributed by atoms with Crippen molar-refractivity contribution in [2.45, 2.75) is 95.2 Å². The molecule has 0 bridgehead atoms. The molecule has 1 spiro atoms. The lowest BCUT2D eigenvalue weighted by atomic mass is 9.57. The quantitative estimate of drug-likeness (QED) is 0.114. The molecule has 9 rings (SSSR count). The summed E-state index contributed by atoms with van der Waals surface area (Å²) in [6.07, 6.45) is 1.92. The highest BCUT2D eigenvalue weighted by Crippen LogP contribution is 2.53. The predicted molar refractivity (Wildman–Crippen MR) is 225 cm³/mol. The highest BCUT2D eigenvalue weighted by atomic mass is 32.1. The summed E-state index contributed by atoms with van der Waals surface area (Å²) in [4.78, 5) is 75.7. The summed E-state index contributed by atoms with van der Waals surface area (Å²) in [7, 11) is 0. The van der Waals surface area contributed by atoms with Gasteiger partial charge in [0, 0.05) is 63.7 Å².